The molecule has 0 aromatic heterocycles. The number of nitrogens with one attached hydrogen (secondary N) is 1. The maximum absolute atomic E-state index is 14.1. The molecule has 2 heterocycles. The first-order valence-corrected chi connectivity index (χ1v) is 14.1. The fourth-order valence-electron chi connectivity index (χ4n) is 5.54. The number of ether oxygens (including phenoxy) is 1. The Morgan fingerprint density at radius 3 is 2.37 bits per heavy atom. The Morgan fingerprint density at radius 2 is 1.66 bits per heavy atom. The second-order valence-corrected chi connectivity index (χ2v) is 11.8. The largest absolute Gasteiger partial charge is 0.444 e. The summed E-state index contributed by atoms with van der Waals surface area (Å²) >= 11 is 6.22. The molecule has 5 rings (SSSR count). The van der Waals surface area contributed by atoms with Gasteiger partial charge in [0.05, 0.1) is 24.6 Å². The average molecular weight is 576 g/mol. The first kappa shape index (κ1) is 28.6. The Balaban J connectivity index is 1.49. The van der Waals surface area contributed by atoms with E-state index < -0.39 is 23.7 Å². The molecule has 3 atom stereocenters. The minimum Gasteiger partial charge on any atom is -0.444 e. The molecule has 3 amide bonds. The summed E-state index contributed by atoms with van der Waals surface area (Å²) in [7, 11) is 0. The molecule has 2 aliphatic rings. The molecule has 2 aliphatic heterocycles. The van der Waals surface area contributed by atoms with Gasteiger partial charge in [-0.3, -0.25) is 14.4 Å². The third-order valence-corrected chi connectivity index (χ3v) is 7.59. The van der Waals surface area contributed by atoms with E-state index in [2.05, 4.69) is 5.48 Å². The van der Waals surface area contributed by atoms with Crippen molar-refractivity contribution in [3.8, 4) is 0 Å². The van der Waals surface area contributed by atoms with Crippen LogP contribution in [-0.2, 0) is 21.0 Å². The van der Waals surface area contributed by atoms with Crippen molar-refractivity contribution in [1.82, 2.24) is 15.3 Å². The summed E-state index contributed by atoms with van der Waals surface area (Å²) in [5.41, 5.74) is 4.76. The molecule has 0 aliphatic carbocycles. The maximum Gasteiger partial charge on any atom is 0.410 e. The summed E-state index contributed by atoms with van der Waals surface area (Å²) in [5, 5.41) is 0.548. The van der Waals surface area contributed by atoms with E-state index in [0.717, 1.165) is 11.1 Å². The van der Waals surface area contributed by atoms with Gasteiger partial charge in [0.15, 0.2) is 0 Å². The lowest BCUT2D eigenvalue weighted by Crippen LogP contribution is -2.52. The Kier molecular flexibility index (Phi) is 8.33. The lowest BCUT2D eigenvalue weighted by atomic mass is 9.78. The van der Waals surface area contributed by atoms with E-state index in [1.54, 1.807) is 34.1 Å². The molecule has 9 heteroatoms. The molecule has 41 heavy (non-hydrogen) atoms. The normalized spacial score (nSPS) is 20.5. The zero-order valence-electron chi connectivity index (χ0n) is 23.4. The molecule has 214 valence electrons. The van der Waals surface area contributed by atoms with Gasteiger partial charge >= 0.3 is 6.09 Å². The Labute approximate surface area is 245 Å². The Bertz CT molecular complexity index is 1410. The van der Waals surface area contributed by atoms with Crippen LogP contribution in [0.1, 0.15) is 66.2 Å². The molecular weight excluding hydrogens is 542 g/mol. The van der Waals surface area contributed by atoms with Crippen molar-refractivity contribution in [2.45, 2.75) is 57.4 Å². The standard InChI is InChI=1S/C32H34ClN3O5/c1-32(2,3)41-31(39)35-18-17-24(19-35)36-28(22-13-15-23(33)16-14-22)27(25-11-7-8-12-26(25)30(36)38)29(37)34-40-20-21-9-5-4-6-10-21/h4-16,24,27-28H,17-20H2,1-3H3,(H,34,37)/t24-,27?,28?/m1/s1. The fraction of sp³-hybridized carbons (Fsp3) is 0.344. The van der Waals surface area contributed by atoms with E-state index in [0.29, 0.717) is 35.7 Å². The van der Waals surface area contributed by atoms with Crippen LogP contribution in [0.3, 0.4) is 0 Å². The lowest BCUT2D eigenvalue weighted by molar-refractivity contribution is -0.138. The van der Waals surface area contributed by atoms with Crippen LogP contribution in [0.25, 0.3) is 0 Å². The quantitative estimate of drug-likeness (QED) is 0.371. The number of carbonyl (C=O) groups is 3. The van der Waals surface area contributed by atoms with Crippen LogP contribution < -0.4 is 5.48 Å². The summed E-state index contributed by atoms with van der Waals surface area (Å²) < 4.78 is 5.59. The molecule has 3 aromatic carbocycles. The van der Waals surface area contributed by atoms with Gasteiger partial charge in [0, 0.05) is 23.7 Å². The summed E-state index contributed by atoms with van der Waals surface area (Å²) in [5.74, 6) is -1.32. The lowest BCUT2D eigenvalue weighted by Gasteiger charge is -2.44. The third kappa shape index (κ3) is 6.39. The summed E-state index contributed by atoms with van der Waals surface area (Å²) in [6.07, 6.45) is 0.132. The zero-order valence-corrected chi connectivity index (χ0v) is 24.1. The van der Waals surface area contributed by atoms with Gasteiger partial charge < -0.3 is 14.5 Å². The number of hydrogen-bond acceptors (Lipinski definition) is 5. The number of nitrogens with zero attached hydrogens (tertiary/aromatic N) is 2. The number of benzene rings is 3. The van der Waals surface area contributed by atoms with Crippen molar-refractivity contribution in [2.75, 3.05) is 13.1 Å². The molecule has 0 radical (unpaired) electrons. The third-order valence-electron chi connectivity index (χ3n) is 7.33. The molecule has 0 bridgehead atoms. The number of likely N-dealkylation sites (tertiary alicyclic amines) is 1. The highest BCUT2D eigenvalue weighted by molar-refractivity contribution is 6.30. The van der Waals surface area contributed by atoms with Crippen LogP contribution in [0.4, 0.5) is 4.79 Å². The minimum atomic E-state index is -0.767. The molecule has 8 nitrogen and oxygen atoms in total. The predicted molar refractivity (Wildman–Crippen MR) is 155 cm³/mol. The fourth-order valence-corrected chi connectivity index (χ4v) is 5.67. The number of fused-ring (bicyclic) bond motifs is 1. The monoisotopic (exact) mass is 575 g/mol. The highest BCUT2D eigenvalue weighted by atomic mass is 35.5. The SMILES string of the molecule is CC(C)(C)OC(=O)N1CC[C@@H](N2C(=O)c3ccccc3C(C(=O)NOCc3ccccc3)C2c2ccc(Cl)cc2)C1. The second-order valence-electron chi connectivity index (χ2n) is 11.4. The van der Waals surface area contributed by atoms with Crippen LogP contribution in [0.5, 0.6) is 0 Å². The van der Waals surface area contributed by atoms with Crippen LogP contribution >= 0.6 is 11.6 Å². The molecule has 1 fully saturated rings. The number of hydroxylamine groups is 1. The summed E-state index contributed by atoms with van der Waals surface area (Å²) in [6, 6.07) is 22.9. The Morgan fingerprint density at radius 1 is 0.976 bits per heavy atom. The van der Waals surface area contributed by atoms with E-state index in [9.17, 15) is 14.4 Å². The van der Waals surface area contributed by atoms with Crippen molar-refractivity contribution in [3.05, 3.63) is 106 Å². The minimum absolute atomic E-state index is 0.189. The van der Waals surface area contributed by atoms with Gasteiger partial charge in [0.25, 0.3) is 11.8 Å². The van der Waals surface area contributed by atoms with Gasteiger partial charge in [0.1, 0.15) is 5.60 Å². The highest BCUT2D eigenvalue weighted by Gasteiger charge is 2.48. The van der Waals surface area contributed by atoms with Crippen LogP contribution in [0.2, 0.25) is 5.02 Å². The van der Waals surface area contributed by atoms with Crippen molar-refractivity contribution in [2.24, 2.45) is 0 Å². The number of amides is 3. The molecule has 3 aromatic rings. The van der Waals surface area contributed by atoms with Gasteiger partial charge in [-0.1, -0.05) is 72.3 Å². The van der Waals surface area contributed by atoms with Gasteiger partial charge in [-0.15, -0.1) is 0 Å². The molecule has 1 saturated heterocycles. The average Bonchev–Trinajstić information content (AvgIpc) is 3.43. The van der Waals surface area contributed by atoms with E-state index >= 15 is 0 Å². The first-order valence-electron chi connectivity index (χ1n) is 13.7. The van der Waals surface area contributed by atoms with Crippen LogP contribution in [-0.4, -0.2) is 52.4 Å². The van der Waals surface area contributed by atoms with E-state index in [1.165, 1.54) is 0 Å². The van der Waals surface area contributed by atoms with Crippen molar-refractivity contribution in [3.63, 3.8) is 0 Å². The van der Waals surface area contributed by atoms with Gasteiger partial charge in [0.2, 0.25) is 0 Å². The smallest absolute Gasteiger partial charge is 0.410 e. The Hall–Kier alpha value is -3.88. The number of hydrogen-bond donors (Lipinski definition) is 1. The zero-order chi connectivity index (χ0) is 29.1. The highest BCUT2D eigenvalue weighted by Crippen LogP contribution is 2.45. The van der Waals surface area contributed by atoms with Crippen molar-refractivity contribution < 1.29 is 24.0 Å². The second kappa shape index (κ2) is 11.9. The molecular formula is C32H34ClN3O5. The molecule has 2 unspecified atom stereocenters. The van der Waals surface area contributed by atoms with E-state index in [1.807, 2.05) is 75.4 Å². The topological polar surface area (TPSA) is 88.2 Å². The molecule has 0 saturated carbocycles. The first-order chi connectivity index (χ1) is 19.6. The maximum atomic E-state index is 14.1. The predicted octanol–water partition coefficient (Wildman–Crippen LogP) is 5.88. The number of carbonyl (C=O) groups excluding carboxylic acids is 3. The van der Waals surface area contributed by atoms with Gasteiger partial charge in [-0.25, -0.2) is 10.3 Å². The molecule has 1 N–H and O–H groups in total. The summed E-state index contributed by atoms with van der Waals surface area (Å²) in [4.78, 5) is 49.9. The van der Waals surface area contributed by atoms with Crippen molar-refractivity contribution >= 4 is 29.5 Å². The van der Waals surface area contributed by atoms with Crippen LogP contribution in [0.15, 0.2) is 78.9 Å². The van der Waals surface area contributed by atoms with E-state index in [4.69, 9.17) is 21.2 Å². The van der Waals surface area contributed by atoms with Crippen molar-refractivity contribution in [1.29, 1.82) is 0 Å². The van der Waals surface area contributed by atoms with Gasteiger partial charge in [-0.05, 0) is 62.1 Å². The van der Waals surface area contributed by atoms with E-state index in [-0.39, 0.29) is 24.5 Å². The summed E-state index contributed by atoms with van der Waals surface area (Å²) in [6.45, 7) is 6.40. The van der Waals surface area contributed by atoms with Gasteiger partial charge in [-0.2, -0.15) is 0 Å². The number of rotatable bonds is 6. The molecule has 0 spiro atoms. The van der Waals surface area contributed by atoms with Crippen LogP contribution in [0, 0.1) is 0 Å². The number of halogens is 1.